The summed E-state index contributed by atoms with van der Waals surface area (Å²) < 4.78 is 26.7. The highest BCUT2D eigenvalue weighted by atomic mass is 35.5. The monoisotopic (exact) mass is 326 g/mol. The molecule has 0 atom stereocenters. The van der Waals surface area contributed by atoms with Crippen molar-refractivity contribution in [1.82, 2.24) is 4.98 Å². The van der Waals surface area contributed by atoms with Crippen molar-refractivity contribution in [3.8, 4) is 0 Å². The van der Waals surface area contributed by atoms with Gasteiger partial charge in [-0.3, -0.25) is 4.72 Å². The van der Waals surface area contributed by atoms with E-state index in [0.29, 0.717) is 5.56 Å². The van der Waals surface area contributed by atoms with Crippen LogP contribution in [0.1, 0.15) is 15.9 Å². The zero-order chi connectivity index (χ0) is 15.6. The molecular formula is C13H11ClN2O4S. The van der Waals surface area contributed by atoms with Crippen molar-refractivity contribution in [1.29, 1.82) is 0 Å². The molecule has 0 saturated heterocycles. The summed E-state index contributed by atoms with van der Waals surface area (Å²) in [6.45, 7) is 1.64. The summed E-state index contributed by atoms with van der Waals surface area (Å²) in [5.74, 6) is -1.14. The molecule has 2 aromatic rings. The number of nitrogens with zero attached hydrogens (tertiary/aromatic N) is 1. The number of carbonyl (C=O) groups is 1. The zero-order valence-corrected chi connectivity index (χ0v) is 12.4. The third-order valence-corrected chi connectivity index (χ3v) is 4.41. The van der Waals surface area contributed by atoms with Crippen molar-refractivity contribution < 1.29 is 18.3 Å². The van der Waals surface area contributed by atoms with E-state index in [2.05, 4.69) is 9.71 Å². The standard InChI is InChI=1S/C13H11ClN2O4S/c1-8-5-11(7-15-12(8)14)21(19,20)16-10-4-2-3-9(6-10)13(17)18/h2-7,16H,1H3,(H,17,18). The molecule has 2 N–H and O–H groups in total. The lowest BCUT2D eigenvalue weighted by Gasteiger charge is -2.09. The molecule has 0 aliphatic carbocycles. The highest BCUT2D eigenvalue weighted by Crippen LogP contribution is 2.20. The number of sulfonamides is 1. The Morgan fingerprint density at radius 3 is 2.67 bits per heavy atom. The molecule has 0 spiro atoms. The van der Waals surface area contributed by atoms with Crippen LogP contribution in [0.4, 0.5) is 5.69 Å². The summed E-state index contributed by atoms with van der Waals surface area (Å²) in [4.78, 5) is 14.6. The van der Waals surface area contributed by atoms with Crippen LogP contribution in [0, 0.1) is 6.92 Å². The number of anilines is 1. The van der Waals surface area contributed by atoms with E-state index in [1.54, 1.807) is 6.92 Å². The molecule has 2 rings (SSSR count). The van der Waals surface area contributed by atoms with E-state index in [0.717, 1.165) is 6.20 Å². The first-order valence-electron chi connectivity index (χ1n) is 5.78. The molecule has 1 heterocycles. The second-order valence-corrected chi connectivity index (χ2v) is 6.31. The van der Waals surface area contributed by atoms with E-state index in [4.69, 9.17) is 16.7 Å². The number of aromatic carboxylic acids is 1. The molecule has 0 saturated carbocycles. The summed E-state index contributed by atoms with van der Waals surface area (Å²) in [6.07, 6.45) is 1.14. The Morgan fingerprint density at radius 2 is 2.05 bits per heavy atom. The lowest BCUT2D eigenvalue weighted by molar-refractivity contribution is 0.0697. The van der Waals surface area contributed by atoms with E-state index < -0.39 is 16.0 Å². The highest BCUT2D eigenvalue weighted by Gasteiger charge is 2.16. The number of rotatable bonds is 4. The number of carboxylic acid groups (broad SMARTS) is 1. The van der Waals surface area contributed by atoms with Gasteiger partial charge in [-0.05, 0) is 36.8 Å². The summed E-state index contributed by atoms with van der Waals surface area (Å²) in [5, 5.41) is 9.11. The van der Waals surface area contributed by atoms with Gasteiger partial charge in [-0.1, -0.05) is 17.7 Å². The quantitative estimate of drug-likeness (QED) is 0.842. The van der Waals surface area contributed by atoms with E-state index in [9.17, 15) is 13.2 Å². The summed E-state index contributed by atoms with van der Waals surface area (Å²) in [7, 11) is -3.86. The van der Waals surface area contributed by atoms with E-state index >= 15 is 0 Å². The molecule has 0 aliphatic rings. The van der Waals surface area contributed by atoms with Crippen LogP contribution in [0.2, 0.25) is 5.15 Å². The van der Waals surface area contributed by atoms with Crippen LogP contribution in [-0.2, 0) is 10.0 Å². The minimum absolute atomic E-state index is 0.0133. The number of hydrogen-bond donors (Lipinski definition) is 2. The molecule has 0 amide bonds. The highest BCUT2D eigenvalue weighted by molar-refractivity contribution is 7.92. The van der Waals surface area contributed by atoms with E-state index in [1.807, 2.05) is 0 Å². The Labute approximate surface area is 126 Å². The van der Waals surface area contributed by atoms with Gasteiger partial charge in [-0.25, -0.2) is 18.2 Å². The fourth-order valence-corrected chi connectivity index (χ4v) is 2.79. The van der Waals surface area contributed by atoms with Crippen molar-refractivity contribution in [2.75, 3.05) is 4.72 Å². The Morgan fingerprint density at radius 1 is 1.33 bits per heavy atom. The molecule has 1 aromatic heterocycles. The van der Waals surface area contributed by atoms with Gasteiger partial charge in [0.25, 0.3) is 10.0 Å². The average Bonchev–Trinajstić information content (AvgIpc) is 2.41. The number of pyridine rings is 1. The smallest absolute Gasteiger partial charge is 0.335 e. The number of nitrogens with one attached hydrogen (secondary N) is 1. The van der Waals surface area contributed by atoms with Gasteiger partial charge in [0.2, 0.25) is 0 Å². The van der Waals surface area contributed by atoms with Crippen LogP contribution in [-0.4, -0.2) is 24.5 Å². The average molecular weight is 327 g/mol. The predicted molar refractivity (Wildman–Crippen MR) is 78.2 cm³/mol. The fourth-order valence-electron chi connectivity index (χ4n) is 1.61. The topological polar surface area (TPSA) is 96.4 Å². The molecule has 21 heavy (non-hydrogen) atoms. The number of aryl methyl sites for hydroxylation is 1. The maximum atomic E-state index is 12.2. The number of aromatic nitrogens is 1. The first-order valence-corrected chi connectivity index (χ1v) is 7.64. The minimum atomic E-state index is -3.86. The number of hydrogen-bond acceptors (Lipinski definition) is 4. The number of carboxylic acids is 1. The molecule has 0 fully saturated rings. The summed E-state index contributed by atoms with van der Waals surface area (Å²) >= 11 is 5.75. The Balaban J connectivity index is 2.35. The molecule has 0 aliphatic heterocycles. The zero-order valence-electron chi connectivity index (χ0n) is 10.9. The molecule has 8 heteroatoms. The number of halogens is 1. The van der Waals surface area contributed by atoms with Gasteiger partial charge in [-0.15, -0.1) is 0 Å². The third kappa shape index (κ3) is 3.50. The van der Waals surface area contributed by atoms with Crippen LogP contribution in [0.15, 0.2) is 41.4 Å². The molecule has 110 valence electrons. The van der Waals surface area contributed by atoms with E-state index in [1.165, 1.54) is 30.3 Å². The molecular weight excluding hydrogens is 316 g/mol. The lowest BCUT2D eigenvalue weighted by Crippen LogP contribution is -2.14. The minimum Gasteiger partial charge on any atom is -0.478 e. The van der Waals surface area contributed by atoms with Gasteiger partial charge in [0.15, 0.2) is 0 Å². The van der Waals surface area contributed by atoms with Gasteiger partial charge < -0.3 is 5.11 Å². The normalized spacial score (nSPS) is 11.1. The van der Waals surface area contributed by atoms with Crippen molar-refractivity contribution >= 4 is 33.3 Å². The van der Waals surface area contributed by atoms with Crippen LogP contribution < -0.4 is 4.72 Å². The van der Waals surface area contributed by atoms with Crippen LogP contribution in [0.3, 0.4) is 0 Å². The molecule has 0 bridgehead atoms. The first-order chi connectivity index (χ1) is 9.79. The second-order valence-electron chi connectivity index (χ2n) is 4.27. The van der Waals surface area contributed by atoms with Crippen LogP contribution in [0.25, 0.3) is 0 Å². The third-order valence-electron chi connectivity index (χ3n) is 2.66. The predicted octanol–water partition coefficient (Wildman–Crippen LogP) is 2.54. The van der Waals surface area contributed by atoms with Crippen molar-refractivity contribution in [3.05, 3.63) is 52.8 Å². The van der Waals surface area contributed by atoms with Crippen molar-refractivity contribution in [2.24, 2.45) is 0 Å². The van der Waals surface area contributed by atoms with Crippen molar-refractivity contribution in [2.45, 2.75) is 11.8 Å². The molecule has 6 nitrogen and oxygen atoms in total. The Kier molecular flexibility index (Phi) is 4.15. The second kappa shape index (κ2) is 5.71. The summed E-state index contributed by atoms with van der Waals surface area (Å²) in [5.41, 5.74) is 0.668. The van der Waals surface area contributed by atoms with Gasteiger partial charge >= 0.3 is 5.97 Å². The molecule has 0 unspecified atom stereocenters. The molecule has 0 radical (unpaired) electrons. The Bertz CT molecular complexity index is 806. The first kappa shape index (κ1) is 15.3. The van der Waals surface area contributed by atoms with Crippen LogP contribution in [0.5, 0.6) is 0 Å². The van der Waals surface area contributed by atoms with Gasteiger partial charge in [-0.2, -0.15) is 0 Å². The van der Waals surface area contributed by atoms with E-state index in [-0.39, 0.29) is 21.3 Å². The number of benzene rings is 1. The van der Waals surface area contributed by atoms with Gasteiger partial charge in [0, 0.05) is 11.9 Å². The maximum absolute atomic E-state index is 12.2. The Hall–Kier alpha value is -2.12. The molecule has 1 aromatic carbocycles. The maximum Gasteiger partial charge on any atom is 0.335 e. The fraction of sp³-hybridized carbons (Fsp3) is 0.0769. The van der Waals surface area contributed by atoms with Gasteiger partial charge in [0.1, 0.15) is 10.0 Å². The van der Waals surface area contributed by atoms with Crippen LogP contribution >= 0.6 is 11.6 Å². The largest absolute Gasteiger partial charge is 0.478 e. The van der Waals surface area contributed by atoms with Crippen molar-refractivity contribution in [3.63, 3.8) is 0 Å². The van der Waals surface area contributed by atoms with Gasteiger partial charge in [0.05, 0.1) is 5.56 Å². The lowest BCUT2D eigenvalue weighted by atomic mass is 10.2. The SMILES string of the molecule is Cc1cc(S(=O)(=O)Nc2cccc(C(=O)O)c2)cnc1Cl. The summed E-state index contributed by atoms with van der Waals surface area (Å²) in [6, 6.07) is 6.90.